The molecule has 0 heterocycles. The number of amides is 1. The zero-order valence-electron chi connectivity index (χ0n) is 6.52. The second-order valence-electron chi connectivity index (χ2n) is 3.08. The van der Waals surface area contributed by atoms with Crippen molar-refractivity contribution in [3.05, 3.63) is 0 Å². The summed E-state index contributed by atoms with van der Waals surface area (Å²) in [7, 11) is 0. The lowest BCUT2D eigenvalue weighted by molar-refractivity contribution is -0.128. The first-order valence-electron chi connectivity index (χ1n) is 3.12. The van der Waals surface area contributed by atoms with Crippen LogP contribution in [0.15, 0.2) is 0 Å². The molecule has 0 aromatic carbocycles. The van der Waals surface area contributed by atoms with Crippen molar-refractivity contribution in [1.29, 1.82) is 0 Å². The molecule has 0 rings (SSSR count). The largest absolute Gasteiger partial charge is 0.348 e. The molecule has 57 valence electrons. The fourth-order valence-corrected chi connectivity index (χ4v) is 0.382. The van der Waals surface area contributed by atoms with Gasteiger partial charge in [-0.3, -0.25) is 9.59 Å². The van der Waals surface area contributed by atoms with Crippen molar-refractivity contribution in [2.75, 3.05) is 6.54 Å². The average Bonchev–Trinajstić information content (AvgIpc) is 1.80. The standard InChI is InChI=1S/C7H12NO2/c1-7(2,3)6(10)8-4-5-9/h4H2,1-3H3,(H,8,10). The van der Waals surface area contributed by atoms with Gasteiger partial charge in [0.1, 0.15) is 0 Å². The third-order valence-electron chi connectivity index (χ3n) is 1.00. The first kappa shape index (κ1) is 9.14. The molecule has 10 heavy (non-hydrogen) atoms. The molecule has 1 radical (unpaired) electrons. The van der Waals surface area contributed by atoms with E-state index in [4.69, 9.17) is 0 Å². The SMILES string of the molecule is CC(C)(C)C(=O)NC[C]=O. The molecule has 0 aliphatic carbocycles. The maximum atomic E-state index is 10.9. The van der Waals surface area contributed by atoms with Crippen LogP contribution in [0, 0.1) is 5.41 Å². The Morgan fingerprint density at radius 1 is 1.50 bits per heavy atom. The van der Waals surface area contributed by atoms with E-state index in [-0.39, 0.29) is 12.5 Å². The second-order valence-corrected chi connectivity index (χ2v) is 3.08. The smallest absolute Gasteiger partial charge is 0.225 e. The molecule has 1 amide bonds. The van der Waals surface area contributed by atoms with Crippen LogP contribution in [0.4, 0.5) is 0 Å². The highest BCUT2D eigenvalue weighted by Crippen LogP contribution is 2.11. The van der Waals surface area contributed by atoms with E-state index in [0.717, 1.165) is 0 Å². The zero-order chi connectivity index (χ0) is 8.20. The Labute approximate surface area is 60.8 Å². The summed E-state index contributed by atoms with van der Waals surface area (Å²) in [5, 5.41) is 2.41. The van der Waals surface area contributed by atoms with Gasteiger partial charge in [0, 0.05) is 5.41 Å². The summed E-state index contributed by atoms with van der Waals surface area (Å²) in [5.41, 5.74) is -0.420. The molecule has 0 saturated carbocycles. The predicted octanol–water partition coefficient (Wildman–Crippen LogP) is 0.258. The molecule has 0 atom stereocenters. The second kappa shape index (κ2) is 3.34. The van der Waals surface area contributed by atoms with E-state index in [1.165, 1.54) is 0 Å². The summed E-state index contributed by atoms with van der Waals surface area (Å²) in [4.78, 5) is 20.6. The van der Waals surface area contributed by atoms with Crippen molar-refractivity contribution in [2.45, 2.75) is 20.8 Å². The fraction of sp³-hybridized carbons (Fsp3) is 0.714. The molecule has 1 N–H and O–H groups in total. The molecule has 0 aromatic rings. The van der Waals surface area contributed by atoms with Gasteiger partial charge in [0.2, 0.25) is 12.2 Å². The maximum Gasteiger partial charge on any atom is 0.225 e. The van der Waals surface area contributed by atoms with Crippen LogP contribution in [0.3, 0.4) is 0 Å². The van der Waals surface area contributed by atoms with Crippen molar-refractivity contribution in [3.63, 3.8) is 0 Å². The van der Waals surface area contributed by atoms with Gasteiger partial charge in [0.25, 0.3) is 0 Å². The molecular formula is C7H12NO2. The first-order chi connectivity index (χ1) is 4.48. The number of carbonyl (C=O) groups is 1. The van der Waals surface area contributed by atoms with Gasteiger partial charge >= 0.3 is 0 Å². The van der Waals surface area contributed by atoms with Crippen molar-refractivity contribution in [1.82, 2.24) is 5.32 Å². The van der Waals surface area contributed by atoms with Crippen molar-refractivity contribution >= 4 is 12.2 Å². The van der Waals surface area contributed by atoms with Crippen molar-refractivity contribution in [2.24, 2.45) is 5.41 Å². The normalized spacial score (nSPS) is 10.7. The molecule has 0 aromatic heterocycles. The summed E-state index contributed by atoms with van der Waals surface area (Å²) in [6, 6.07) is 0. The summed E-state index contributed by atoms with van der Waals surface area (Å²) >= 11 is 0. The minimum absolute atomic E-state index is 0.0178. The van der Waals surface area contributed by atoms with Gasteiger partial charge in [-0.2, -0.15) is 0 Å². The first-order valence-corrected chi connectivity index (χ1v) is 3.12. The summed E-state index contributed by atoms with van der Waals surface area (Å²) in [6.45, 7) is 5.34. The van der Waals surface area contributed by atoms with E-state index in [1.807, 2.05) is 0 Å². The van der Waals surface area contributed by atoms with Crippen LogP contribution in [0.1, 0.15) is 20.8 Å². The van der Waals surface area contributed by atoms with Crippen LogP contribution in [-0.4, -0.2) is 18.7 Å². The molecule has 0 aliphatic heterocycles. The third kappa shape index (κ3) is 3.22. The number of hydrogen-bond acceptors (Lipinski definition) is 2. The quantitative estimate of drug-likeness (QED) is 0.601. The highest BCUT2D eigenvalue weighted by atomic mass is 16.2. The Bertz CT molecular complexity index is 135. The molecular weight excluding hydrogens is 130 g/mol. The minimum atomic E-state index is -0.420. The summed E-state index contributed by atoms with van der Waals surface area (Å²) in [6.07, 6.45) is 1.59. The Morgan fingerprint density at radius 2 is 2.00 bits per heavy atom. The Balaban J connectivity index is 3.74. The highest BCUT2D eigenvalue weighted by molar-refractivity contribution is 5.83. The number of nitrogens with one attached hydrogen (secondary N) is 1. The zero-order valence-corrected chi connectivity index (χ0v) is 6.52. The lowest BCUT2D eigenvalue weighted by Gasteiger charge is -2.15. The minimum Gasteiger partial charge on any atom is -0.348 e. The molecule has 3 nitrogen and oxygen atoms in total. The van der Waals surface area contributed by atoms with E-state index in [2.05, 4.69) is 5.32 Å². The third-order valence-corrected chi connectivity index (χ3v) is 1.00. The van der Waals surface area contributed by atoms with Crippen LogP contribution in [0.5, 0.6) is 0 Å². The summed E-state index contributed by atoms with van der Waals surface area (Å²) < 4.78 is 0. The monoisotopic (exact) mass is 142 g/mol. The molecule has 0 unspecified atom stereocenters. The van der Waals surface area contributed by atoms with E-state index < -0.39 is 5.41 Å². The van der Waals surface area contributed by atoms with E-state index >= 15 is 0 Å². The molecule has 0 saturated heterocycles. The van der Waals surface area contributed by atoms with E-state index in [9.17, 15) is 9.59 Å². The van der Waals surface area contributed by atoms with Gasteiger partial charge < -0.3 is 5.32 Å². The predicted molar refractivity (Wildman–Crippen MR) is 38.2 cm³/mol. The van der Waals surface area contributed by atoms with Gasteiger partial charge in [-0.05, 0) is 0 Å². The lowest BCUT2D eigenvalue weighted by Crippen LogP contribution is -2.35. The van der Waals surface area contributed by atoms with Crippen LogP contribution in [-0.2, 0) is 9.59 Å². The Kier molecular flexibility index (Phi) is 3.06. The van der Waals surface area contributed by atoms with Crippen LogP contribution >= 0.6 is 0 Å². The fourth-order valence-electron chi connectivity index (χ4n) is 0.382. The van der Waals surface area contributed by atoms with Crippen LogP contribution < -0.4 is 5.32 Å². The highest BCUT2D eigenvalue weighted by Gasteiger charge is 2.19. The molecule has 0 bridgehead atoms. The van der Waals surface area contributed by atoms with Gasteiger partial charge in [-0.1, -0.05) is 20.8 Å². The topological polar surface area (TPSA) is 46.2 Å². The van der Waals surface area contributed by atoms with E-state index in [0.29, 0.717) is 0 Å². The molecule has 0 fully saturated rings. The van der Waals surface area contributed by atoms with Crippen molar-refractivity contribution < 1.29 is 9.59 Å². The molecule has 0 aliphatic rings. The number of hydrogen-bond donors (Lipinski definition) is 1. The van der Waals surface area contributed by atoms with Gasteiger partial charge in [-0.15, -0.1) is 0 Å². The Hall–Kier alpha value is -0.860. The molecule has 3 heteroatoms. The summed E-state index contributed by atoms with van der Waals surface area (Å²) in [5.74, 6) is -0.129. The van der Waals surface area contributed by atoms with Crippen molar-refractivity contribution in [3.8, 4) is 0 Å². The lowest BCUT2D eigenvalue weighted by atomic mass is 9.96. The van der Waals surface area contributed by atoms with Crippen LogP contribution in [0.2, 0.25) is 0 Å². The van der Waals surface area contributed by atoms with Gasteiger partial charge in [0.05, 0.1) is 6.54 Å². The number of carbonyl (C=O) groups excluding carboxylic acids is 2. The maximum absolute atomic E-state index is 10.9. The molecule has 0 spiro atoms. The Morgan fingerprint density at radius 3 is 2.30 bits per heavy atom. The van der Waals surface area contributed by atoms with E-state index in [1.54, 1.807) is 27.1 Å². The van der Waals surface area contributed by atoms with Gasteiger partial charge in [-0.25, -0.2) is 0 Å². The van der Waals surface area contributed by atoms with Gasteiger partial charge in [0.15, 0.2) is 0 Å². The van der Waals surface area contributed by atoms with Crippen LogP contribution in [0.25, 0.3) is 0 Å². The average molecular weight is 142 g/mol. The number of rotatable bonds is 2.